The molecule has 10 nitrogen and oxygen atoms in total. The van der Waals surface area contributed by atoms with E-state index in [1.54, 1.807) is 4.68 Å². The van der Waals surface area contributed by atoms with E-state index in [4.69, 9.17) is 4.74 Å². The fourth-order valence-corrected chi connectivity index (χ4v) is 5.31. The Morgan fingerprint density at radius 2 is 2.09 bits per heavy atom. The lowest BCUT2D eigenvalue weighted by molar-refractivity contribution is -0.123. The molecule has 2 aliphatic rings. The van der Waals surface area contributed by atoms with Crippen molar-refractivity contribution < 1.29 is 19.7 Å². The van der Waals surface area contributed by atoms with E-state index in [0.717, 1.165) is 12.0 Å². The van der Waals surface area contributed by atoms with Gasteiger partial charge in [-0.2, -0.15) is 0 Å². The highest BCUT2D eigenvalue weighted by molar-refractivity contribution is 5.83. The lowest BCUT2D eigenvalue weighted by Gasteiger charge is -2.22. The van der Waals surface area contributed by atoms with Gasteiger partial charge in [-0.3, -0.25) is 4.79 Å². The minimum Gasteiger partial charge on any atom is -0.396 e. The molecule has 1 saturated carbocycles. The quantitative estimate of drug-likeness (QED) is 0.464. The molecule has 33 heavy (non-hydrogen) atoms. The number of aromatic nitrogens is 5. The Kier molecular flexibility index (Phi) is 6.05. The van der Waals surface area contributed by atoms with Gasteiger partial charge < -0.3 is 20.3 Å². The van der Waals surface area contributed by atoms with Crippen molar-refractivity contribution in [3.8, 4) is 0 Å². The SMILES string of the molecule is COCC(=O)C[C@H]1Cc2ccccc2[C@H]1Nc1ncnc2c1nnn2C1CC(O)C(CO)C1. The number of hydrogen-bond acceptors (Lipinski definition) is 9. The Morgan fingerprint density at radius 1 is 1.24 bits per heavy atom. The van der Waals surface area contributed by atoms with Crippen molar-refractivity contribution >= 4 is 22.8 Å². The first-order chi connectivity index (χ1) is 16.1. The highest BCUT2D eigenvalue weighted by Crippen LogP contribution is 2.41. The zero-order valence-electron chi connectivity index (χ0n) is 18.5. The summed E-state index contributed by atoms with van der Waals surface area (Å²) in [6, 6.07) is 8.01. The summed E-state index contributed by atoms with van der Waals surface area (Å²) >= 11 is 0. The number of nitrogens with one attached hydrogen (secondary N) is 1. The van der Waals surface area contributed by atoms with Crippen LogP contribution in [-0.2, 0) is 16.0 Å². The summed E-state index contributed by atoms with van der Waals surface area (Å²) in [5, 5.41) is 31.9. The highest BCUT2D eigenvalue weighted by atomic mass is 16.5. The number of nitrogens with zero attached hydrogens (tertiary/aromatic N) is 5. The average Bonchev–Trinajstić information content (AvgIpc) is 3.49. The predicted molar refractivity (Wildman–Crippen MR) is 119 cm³/mol. The number of carbonyl (C=O) groups is 1. The van der Waals surface area contributed by atoms with Crippen LogP contribution in [0.1, 0.15) is 42.5 Å². The third kappa shape index (κ3) is 4.09. The molecule has 10 heteroatoms. The van der Waals surface area contributed by atoms with E-state index in [2.05, 4.69) is 37.7 Å². The van der Waals surface area contributed by atoms with Gasteiger partial charge in [0.15, 0.2) is 22.8 Å². The van der Waals surface area contributed by atoms with Crippen molar-refractivity contribution in [3.05, 3.63) is 41.7 Å². The fraction of sp³-hybridized carbons (Fsp3) is 0.522. The lowest BCUT2D eigenvalue weighted by atomic mass is 9.95. The second-order valence-electron chi connectivity index (χ2n) is 9.02. The maximum absolute atomic E-state index is 12.3. The molecule has 5 rings (SSSR count). The highest BCUT2D eigenvalue weighted by Gasteiger charge is 2.37. The Bertz CT molecular complexity index is 1150. The molecule has 3 unspecified atom stereocenters. The molecule has 0 spiro atoms. The van der Waals surface area contributed by atoms with Crippen LogP contribution in [0.3, 0.4) is 0 Å². The zero-order chi connectivity index (χ0) is 22.9. The fourth-order valence-electron chi connectivity index (χ4n) is 5.31. The summed E-state index contributed by atoms with van der Waals surface area (Å²) in [7, 11) is 1.53. The predicted octanol–water partition coefficient (Wildman–Crippen LogP) is 1.46. The van der Waals surface area contributed by atoms with E-state index in [0.29, 0.717) is 36.2 Å². The Hall–Kier alpha value is -2.95. The first-order valence-corrected chi connectivity index (χ1v) is 11.3. The molecule has 0 aliphatic heterocycles. The first kappa shape index (κ1) is 21.9. The van der Waals surface area contributed by atoms with Crippen molar-refractivity contribution in [1.82, 2.24) is 25.0 Å². The summed E-state index contributed by atoms with van der Waals surface area (Å²) in [4.78, 5) is 21.2. The van der Waals surface area contributed by atoms with E-state index < -0.39 is 6.10 Å². The van der Waals surface area contributed by atoms with Crippen LogP contribution < -0.4 is 5.32 Å². The van der Waals surface area contributed by atoms with Crippen molar-refractivity contribution in [1.29, 1.82) is 0 Å². The molecule has 2 heterocycles. The van der Waals surface area contributed by atoms with Gasteiger partial charge in [0, 0.05) is 26.1 Å². The van der Waals surface area contributed by atoms with Gasteiger partial charge in [-0.1, -0.05) is 29.5 Å². The lowest BCUT2D eigenvalue weighted by Crippen LogP contribution is -2.22. The number of rotatable bonds is 8. The molecule has 0 radical (unpaired) electrons. The smallest absolute Gasteiger partial charge is 0.184 e. The molecule has 0 bridgehead atoms. The average molecular weight is 453 g/mol. The van der Waals surface area contributed by atoms with Crippen LogP contribution in [0.25, 0.3) is 11.2 Å². The molecule has 174 valence electrons. The number of methoxy groups -OCH3 is 1. The monoisotopic (exact) mass is 452 g/mol. The second-order valence-corrected chi connectivity index (χ2v) is 9.02. The maximum atomic E-state index is 12.3. The molecule has 3 aromatic rings. The number of carbonyl (C=O) groups excluding carboxylic acids is 1. The van der Waals surface area contributed by atoms with Crippen LogP contribution in [0.15, 0.2) is 30.6 Å². The Morgan fingerprint density at radius 3 is 2.88 bits per heavy atom. The minimum absolute atomic E-state index is 0.0592. The molecule has 2 aliphatic carbocycles. The second kappa shape index (κ2) is 9.12. The van der Waals surface area contributed by atoms with Gasteiger partial charge >= 0.3 is 0 Å². The van der Waals surface area contributed by atoms with Crippen molar-refractivity contribution in [2.75, 3.05) is 25.6 Å². The number of fused-ring (bicyclic) bond motifs is 2. The summed E-state index contributed by atoms with van der Waals surface area (Å²) in [5.74, 6) is 0.531. The third-order valence-corrected chi connectivity index (χ3v) is 6.91. The van der Waals surface area contributed by atoms with E-state index in [-0.39, 0.29) is 42.9 Å². The third-order valence-electron chi connectivity index (χ3n) is 6.91. The largest absolute Gasteiger partial charge is 0.396 e. The van der Waals surface area contributed by atoms with Crippen LogP contribution >= 0.6 is 0 Å². The number of hydrogen-bond donors (Lipinski definition) is 3. The van der Waals surface area contributed by atoms with Gasteiger partial charge in [-0.05, 0) is 36.3 Å². The van der Waals surface area contributed by atoms with Gasteiger partial charge in [-0.25, -0.2) is 14.6 Å². The van der Waals surface area contributed by atoms with Gasteiger partial charge in [-0.15, -0.1) is 5.10 Å². The minimum atomic E-state index is -0.570. The van der Waals surface area contributed by atoms with Crippen molar-refractivity contribution in [2.24, 2.45) is 11.8 Å². The summed E-state index contributed by atoms with van der Waals surface area (Å²) in [6.07, 6.45) is 3.22. The number of Topliss-reactive ketones (excluding diaryl/α,β-unsaturated/α-hetero) is 1. The van der Waals surface area contributed by atoms with Crippen LogP contribution in [0.2, 0.25) is 0 Å². The molecule has 1 fully saturated rings. The molecule has 3 N–H and O–H groups in total. The van der Waals surface area contributed by atoms with Crippen LogP contribution in [0, 0.1) is 11.8 Å². The van der Waals surface area contributed by atoms with Gasteiger partial charge in [0.25, 0.3) is 0 Å². The molecular formula is C23H28N6O4. The summed E-state index contributed by atoms with van der Waals surface area (Å²) in [5.41, 5.74) is 3.50. The standard InChI is InChI=1S/C23H28N6O4/c1-33-11-17(31)8-14-6-13-4-2-3-5-18(13)20(14)26-22-21-23(25-12-24-22)29(28-27-21)16-7-15(10-30)19(32)9-16/h2-5,12,14-16,19-20,30,32H,6-11H2,1H3,(H,24,25,26)/t14-,15?,16?,19?,20+/m1/s1. The number of aliphatic hydroxyl groups excluding tert-OH is 2. The number of ketones is 1. The molecule has 0 amide bonds. The number of benzene rings is 1. The molecule has 5 atom stereocenters. The first-order valence-electron chi connectivity index (χ1n) is 11.3. The topological polar surface area (TPSA) is 135 Å². The molecule has 1 aromatic carbocycles. The van der Waals surface area contributed by atoms with Crippen molar-refractivity contribution in [3.63, 3.8) is 0 Å². The van der Waals surface area contributed by atoms with Crippen molar-refractivity contribution in [2.45, 2.75) is 43.9 Å². The van der Waals surface area contributed by atoms with E-state index >= 15 is 0 Å². The Balaban J connectivity index is 1.44. The van der Waals surface area contributed by atoms with E-state index in [9.17, 15) is 15.0 Å². The van der Waals surface area contributed by atoms with Gasteiger partial charge in [0.05, 0.1) is 18.2 Å². The maximum Gasteiger partial charge on any atom is 0.184 e. The molecule has 2 aromatic heterocycles. The van der Waals surface area contributed by atoms with Crippen LogP contribution in [0.5, 0.6) is 0 Å². The molecule has 0 saturated heterocycles. The van der Waals surface area contributed by atoms with Crippen LogP contribution in [0.4, 0.5) is 5.82 Å². The van der Waals surface area contributed by atoms with Gasteiger partial charge in [0.2, 0.25) is 0 Å². The van der Waals surface area contributed by atoms with Gasteiger partial charge in [0.1, 0.15) is 12.9 Å². The van der Waals surface area contributed by atoms with E-state index in [1.807, 2.05) is 12.1 Å². The summed E-state index contributed by atoms with van der Waals surface area (Å²) in [6.45, 7) is 0.0457. The zero-order valence-corrected chi connectivity index (χ0v) is 18.5. The van der Waals surface area contributed by atoms with Crippen LogP contribution in [-0.4, -0.2) is 67.4 Å². The normalized spacial score (nSPS) is 26.6. The Labute approximate surface area is 191 Å². The number of ether oxygens (including phenoxy) is 1. The molecular weight excluding hydrogens is 424 g/mol. The number of anilines is 1. The summed E-state index contributed by atoms with van der Waals surface area (Å²) < 4.78 is 6.76. The number of aliphatic hydroxyl groups is 2. The van der Waals surface area contributed by atoms with E-state index in [1.165, 1.54) is 19.0 Å².